The van der Waals surface area contributed by atoms with Gasteiger partial charge in [0.05, 0.1) is 6.04 Å². The van der Waals surface area contributed by atoms with Crippen LogP contribution in [0.15, 0.2) is 109 Å². The van der Waals surface area contributed by atoms with Crippen molar-refractivity contribution in [1.82, 2.24) is 9.80 Å². The first kappa shape index (κ1) is 25.0. The Bertz CT molecular complexity index is 1260. The van der Waals surface area contributed by atoms with Crippen molar-refractivity contribution in [3.05, 3.63) is 143 Å². The monoisotopic (exact) mass is 488 g/mol. The van der Waals surface area contributed by atoms with E-state index in [4.69, 9.17) is 0 Å². The third-order valence-corrected chi connectivity index (χ3v) is 7.65. The van der Waals surface area contributed by atoms with Gasteiger partial charge in [0.2, 0.25) is 5.91 Å². The van der Waals surface area contributed by atoms with E-state index in [9.17, 15) is 4.79 Å². The highest BCUT2D eigenvalue weighted by molar-refractivity contribution is 5.78. The van der Waals surface area contributed by atoms with Gasteiger partial charge in [0.25, 0.3) is 0 Å². The largest absolute Gasteiger partial charge is 0.340 e. The Morgan fingerprint density at radius 1 is 0.676 bits per heavy atom. The summed E-state index contributed by atoms with van der Waals surface area (Å²) in [6, 6.07) is 38.6. The van der Waals surface area contributed by atoms with Gasteiger partial charge in [0.15, 0.2) is 0 Å². The van der Waals surface area contributed by atoms with Crippen LogP contribution in [0, 0.1) is 13.8 Å². The summed E-state index contributed by atoms with van der Waals surface area (Å²) in [5.74, 6) is 0.306. The van der Waals surface area contributed by atoms with Crippen molar-refractivity contribution >= 4 is 5.91 Å². The molecule has 0 aliphatic carbocycles. The first-order valence-electron chi connectivity index (χ1n) is 13.3. The lowest BCUT2D eigenvalue weighted by atomic mass is 9.88. The van der Waals surface area contributed by atoms with Gasteiger partial charge in [-0.05, 0) is 41.7 Å². The molecule has 37 heavy (non-hydrogen) atoms. The fourth-order valence-corrected chi connectivity index (χ4v) is 5.69. The summed E-state index contributed by atoms with van der Waals surface area (Å²) < 4.78 is 0. The number of benzene rings is 4. The standard InChI is InChI=1S/C34H36N2O/c1-26-18-19-31(27(2)24-26)34(30-16-10-5-11-17-30)36-22-20-35(21-23-36)33(37)25-32(28-12-6-3-7-13-28)29-14-8-4-9-15-29/h3-19,24,32,34H,20-23,25H2,1-2H3. The molecule has 0 spiro atoms. The van der Waals surface area contributed by atoms with E-state index in [2.05, 4.69) is 121 Å². The van der Waals surface area contributed by atoms with E-state index in [1.165, 1.54) is 33.4 Å². The first-order valence-corrected chi connectivity index (χ1v) is 13.3. The number of amides is 1. The van der Waals surface area contributed by atoms with Crippen LogP contribution in [0.3, 0.4) is 0 Å². The van der Waals surface area contributed by atoms with E-state index in [-0.39, 0.29) is 17.9 Å². The Balaban J connectivity index is 1.32. The van der Waals surface area contributed by atoms with Crippen molar-refractivity contribution in [2.75, 3.05) is 26.2 Å². The molecule has 5 rings (SSSR count). The van der Waals surface area contributed by atoms with Crippen LogP contribution in [0.2, 0.25) is 0 Å². The second-order valence-electron chi connectivity index (χ2n) is 10.2. The first-order chi connectivity index (χ1) is 18.1. The van der Waals surface area contributed by atoms with Crippen LogP contribution < -0.4 is 0 Å². The lowest BCUT2D eigenvalue weighted by Gasteiger charge is -2.40. The lowest BCUT2D eigenvalue weighted by molar-refractivity contribution is -0.133. The minimum Gasteiger partial charge on any atom is -0.340 e. The van der Waals surface area contributed by atoms with E-state index in [1.54, 1.807) is 0 Å². The highest BCUT2D eigenvalue weighted by Crippen LogP contribution is 2.33. The van der Waals surface area contributed by atoms with Crippen LogP contribution >= 0.6 is 0 Å². The number of nitrogens with zero attached hydrogens (tertiary/aromatic N) is 2. The van der Waals surface area contributed by atoms with Crippen molar-refractivity contribution in [2.24, 2.45) is 0 Å². The van der Waals surface area contributed by atoms with Crippen molar-refractivity contribution in [1.29, 1.82) is 0 Å². The highest BCUT2D eigenvalue weighted by atomic mass is 16.2. The van der Waals surface area contributed by atoms with Crippen molar-refractivity contribution < 1.29 is 4.79 Å². The van der Waals surface area contributed by atoms with Gasteiger partial charge < -0.3 is 4.90 Å². The van der Waals surface area contributed by atoms with Gasteiger partial charge in [-0.3, -0.25) is 9.69 Å². The second-order valence-corrected chi connectivity index (χ2v) is 10.2. The summed E-state index contributed by atoms with van der Waals surface area (Å²) in [6.45, 7) is 7.59. The Labute approximate surface area is 221 Å². The van der Waals surface area contributed by atoms with Gasteiger partial charge in [-0.25, -0.2) is 0 Å². The minimum absolute atomic E-state index is 0.0696. The van der Waals surface area contributed by atoms with E-state index in [1.807, 2.05) is 12.1 Å². The van der Waals surface area contributed by atoms with Crippen molar-refractivity contribution in [3.8, 4) is 0 Å². The van der Waals surface area contributed by atoms with Crippen molar-refractivity contribution in [2.45, 2.75) is 32.2 Å². The molecule has 4 aromatic carbocycles. The predicted octanol–water partition coefficient (Wildman–Crippen LogP) is 6.76. The molecule has 0 aromatic heterocycles. The molecule has 1 atom stereocenters. The molecular weight excluding hydrogens is 452 g/mol. The molecule has 3 nitrogen and oxygen atoms in total. The Hall–Kier alpha value is -3.69. The third kappa shape index (κ3) is 5.84. The van der Waals surface area contributed by atoms with Crippen LogP contribution in [-0.4, -0.2) is 41.9 Å². The van der Waals surface area contributed by atoms with Gasteiger partial charge in [0, 0.05) is 38.5 Å². The Morgan fingerprint density at radius 2 is 1.19 bits per heavy atom. The molecule has 1 saturated heterocycles. The smallest absolute Gasteiger partial charge is 0.223 e. The molecule has 0 N–H and O–H groups in total. The third-order valence-electron chi connectivity index (χ3n) is 7.65. The predicted molar refractivity (Wildman–Crippen MR) is 152 cm³/mol. The summed E-state index contributed by atoms with van der Waals surface area (Å²) in [7, 11) is 0. The maximum absolute atomic E-state index is 13.6. The zero-order valence-electron chi connectivity index (χ0n) is 21.9. The van der Waals surface area contributed by atoms with Gasteiger partial charge >= 0.3 is 0 Å². The van der Waals surface area contributed by atoms with E-state index >= 15 is 0 Å². The topological polar surface area (TPSA) is 23.6 Å². The van der Waals surface area contributed by atoms with Gasteiger partial charge in [0.1, 0.15) is 0 Å². The quantitative estimate of drug-likeness (QED) is 0.287. The summed E-state index contributed by atoms with van der Waals surface area (Å²) in [5.41, 5.74) is 7.65. The van der Waals surface area contributed by atoms with Crippen LogP contribution in [-0.2, 0) is 4.79 Å². The van der Waals surface area contributed by atoms with Gasteiger partial charge in [-0.15, -0.1) is 0 Å². The Morgan fingerprint density at radius 3 is 1.70 bits per heavy atom. The molecule has 1 aliphatic rings. The highest BCUT2D eigenvalue weighted by Gasteiger charge is 2.30. The van der Waals surface area contributed by atoms with Crippen LogP contribution in [0.1, 0.15) is 51.8 Å². The number of hydrogen-bond donors (Lipinski definition) is 0. The maximum Gasteiger partial charge on any atom is 0.223 e. The zero-order chi connectivity index (χ0) is 25.6. The molecule has 1 heterocycles. The van der Waals surface area contributed by atoms with Gasteiger partial charge in [-0.2, -0.15) is 0 Å². The summed E-state index contributed by atoms with van der Waals surface area (Å²) in [6.07, 6.45) is 0.493. The fraction of sp³-hybridized carbons (Fsp3) is 0.265. The summed E-state index contributed by atoms with van der Waals surface area (Å²) >= 11 is 0. The number of rotatable bonds is 7. The molecule has 188 valence electrons. The maximum atomic E-state index is 13.6. The van der Waals surface area contributed by atoms with Crippen LogP contribution in [0.5, 0.6) is 0 Å². The number of hydrogen-bond acceptors (Lipinski definition) is 2. The second kappa shape index (κ2) is 11.6. The summed E-state index contributed by atoms with van der Waals surface area (Å²) in [5, 5.41) is 0. The normalized spacial score (nSPS) is 15.1. The molecule has 4 aromatic rings. The number of carbonyl (C=O) groups excluding carboxylic acids is 1. The average Bonchev–Trinajstić information content (AvgIpc) is 2.95. The van der Waals surface area contributed by atoms with E-state index in [0.717, 1.165) is 26.2 Å². The number of piperazine rings is 1. The SMILES string of the molecule is Cc1ccc(C(c2ccccc2)N2CCN(C(=O)CC(c3ccccc3)c3ccccc3)CC2)c(C)c1. The minimum atomic E-state index is 0.0696. The van der Waals surface area contributed by atoms with Crippen LogP contribution in [0.25, 0.3) is 0 Å². The Kier molecular flexibility index (Phi) is 7.82. The number of aryl methyl sites for hydroxylation is 2. The molecule has 3 heteroatoms. The van der Waals surface area contributed by atoms with E-state index < -0.39 is 0 Å². The molecule has 1 unspecified atom stereocenters. The van der Waals surface area contributed by atoms with Gasteiger partial charge in [-0.1, -0.05) is 115 Å². The number of carbonyl (C=O) groups is 1. The molecule has 0 saturated carbocycles. The summed E-state index contributed by atoms with van der Waals surface area (Å²) in [4.78, 5) is 18.2. The average molecular weight is 489 g/mol. The van der Waals surface area contributed by atoms with Crippen molar-refractivity contribution in [3.63, 3.8) is 0 Å². The fourth-order valence-electron chi connectivity index (χ4n) is 5.69. The molecule has 1 fully saturated rings. The van der Waals surface area contributed by atoms with Crippen LogP contribution in [0.4, 0.5) is 0 Å². The molecule has 1 aliphatic heterocycles. The lowest BCUT2D eigenvalue weighted by Crippen LogP contribution is -2.50. The molecule has 0 bridgehead atoms. The zero-order valence-corrected chi connectivity index (χ0v) is 21.9. The van der Waals surface area contributed by atoms with E-state index in [0.29, 0.717) is 6.42 Å². The molecular formula is C34H36N2O. The molecule has 0 radical (unpaired) electrons. The molecule has 1 amide bonds.